The Hall–Kier alpha value is -3.30. The molecule has 0 radical (unpaired) electrons. The fourth-order valence-corrected chi connectivity index (χ4v) is 4.73. The van der Waals surface area contributed by atoms with Crippen LogP contribution in [0.2, 0.25) is 0 Å². The first kappa shape index (κ1) is 21.0. The molecule has 2 aromatic carbocycles. The lowest BCUT2D eigenvalue weighted by Gasteiger charge is -2.11. The number of H-pyrrole nitrogens is 1. The molecule has 0 unspecified atom stereocenters. The molecule has 4 rings (SSSR count). The predicted octanol–water partition coefficient (Wildman–Crippen LogP) is 4.40. The highest BCUT2D eigenvalue weighted by molar-refractivity contribution is 7.99. The van der Waals surface area contributed by atoms with Crippen molar-refractivity contribution >= 4 is 44.9 Å². The summed E-state index contributed by atoms with van der Waals surface area (Å²) in [5.41, 5.74) is 2.11. The summed E-state index contributed by atoms with van der Waals surface area (Å²) in [7, 11) is 3.08. The molecule has 9 heteroatoms. The number of hydrogen-bond acceptors (Lipinski definition) is 7. The van der Waals surface area contributed by atoms with Gasteiger partial charge in [-0.25, -0.2) is 4.98 Å². The minimum Gasteiger partial charge on any atom is -0.497 e. The molecule has 0 atom stereocenters. The van der Waals surface area contributed by atoms with Crippen LogP contribution in [-0.4, -0.2) is 35.8 Å². The van der Waals surface area contributed by atoms with Gasteiger partial charge < -0.3 is 19.8 Å². The number of nitrogens with zero attached hydrogens (tertiary/aromatic N) is 1. The summed E-state index contributed by atoms with van der Waals surface area (Å²) in [4.78, 5) is 33.1. The number of hydrogen-bond donors (Lipinski definition) is 2. The number of nitrogens with one attached hydrogen (secondary N) is 2. The number of methoxy groups -OCH3 is 2. The van der Waals surface area contributed by atoms with Crippen LogP contribution in [0.1, 0.15) is 0 Å². The van der Waals surface area contributed by atoms with E-state index in [9.17, 15) is 9.59 Å². The number of amides is 1. The summed E-state index contributed by atoms with van der Waals surface area (Å²) < 4.78 is 10.5. The monoisotopic (exact) mass is 453 g/mol. The molecule has 0 saturated heterocycles. The zero-order valence-corrected chi connectivity index (χ0v) is 18.4. The zero-order valence-electron chi connectivity index (χ0n) is 16.8. The minimum absolute atomic E-state index is 0.0751. The number of carbonyl (C=O) groups is 1. The van der Waals surface area contributed by atoms with Gasteiger partial charge in [-0.15, -0.1) is 11.3 Å². The van der Waals surface area contributed by atoms with Gasteiger partial charge in [0.1, 0.15) is 16.3 Å². The Morgan fingerprint density at radius 2 is 1.97 bits per heavy atom. The van der Waals surface area contributed by atoms with Crippen LogP contribution < -0.4 is 20.3 Å². The van der Waals surface area contributed by atoms with E-state index in [4.69, 9.17) is 9.47 Å². The van der Waals surface area contributed by atoms with Gasteiger partial charge in [0.05, 0.1) is 31.0 Å². The van der Waals surface area contributed by atoms with Gasteiger partial charge in [0, 0.05) is 17.0 Å². The van der Waals surface area contributed by atoms with Crippen LogP contribution in [0.4, 0.5) is 5.69 Å². The van der Waals surface area contributed by atoms with Crippen LogP contribution in [0, 0.1) is 0 Å². The molecule has 0 aliphatic heterocycles. The quantitative estimate of drug-likeness (QED) is 0.318. The lowest BCUT2D eigenvalue weighted by Crippen LogP contribution is -2.16. The van der Waals surface area contributed by atoms with Crippen molar-refractivity contribution in [3.05, 3.63) is 64.3 Å². The topological polar surface area (TPSA) is 93.3 Å². The Morgan fingerprint density at radius 3 is 2.71 bits per heavy atom. The third kappa shape index (κ3) is 4.57. The molecular formula is C22H19N3O4S2. The van der Waals surface area contributed by atoms with Crippen LogP contribution in [0.25, 0.3) is 21.3 Å². The second-order valence-corrected chi connectivity index (χ2v) is 8.29. The number of rotatable bonds is 7. The molecule has 2 aromatic heterocycles. The Balaban J connectivity index is 1.50. The smallest absolute Gasteiger partial charge is 0.260 e. The number of anilines is 1. The van der Waals surface area contributed by atoms with E-state index in [1.54, 1.807) is 25.3 Å². The third-order valence-electron chi connectivity index (χ3n) is 4.53. The highest BCUT2D eigenvalue weighted by atomic mass is 32.2. The SMILES string of the molecule is COc1ccc(OC)c(NC(=O)CSc2nc3scc(-c4ccccc4)c3c(=O)[nH]2)c1. The molecule has 0 aliphatic carbocycles. The second kappa shape index (κ2) is 9.23. The predicted molar refractivity (Wildman–Crippen MR) is 125 cm³/mol. The van der Waals surface area contributed by atoms with Gasteiger partial charge >= 0.3 is 0 Å². The number of ether oxygens (including phenoxy) is 2. The fourth-order valence-electron chi connectivity index (χ4n) is 3.06. The summed E-state index contributed by atoms with van der Waals surface area (Å²) in [6.07, 6.45) is 0. The molecule has 7 nitrogen and oxygen atoms in total. The van der Waals surface area contributed by atoms with E-state index in [1.807, 2.05) is 35.7 Å². The Morgan fingerprint density at radius 1 is 1.16 bits per heavy atom. The molecule has 158 valence electrons. The second-order valence-electron chi connectivity index (χ2n) is 6.47. The molecule has 4 aromatic rings. The van der Waals surface area contributed by atoms with Crippen molar-refractivity contribution < 1.29 is 14.3 Å². The van der Waals surface area contributed by atoms with E-state index in [1.165, 1.54) is 18.4 Å². The van der Waals surface area contributed by atoms with Crippen molar-refractivity contribution in [2.45, 2.75) is 5.16 Å². The zero-order chi connectivity index (χ0) is 21.8. The highest BCUT2D eigenvalue weighted by Gasteiger charge is 2.15. The van der Waals surface area contributed by atoms with Crippen LogP contribution in [-0.2, 0) is 4.79 Å². The Labute approximate surface area is 186 Å². The first-order valence-electron chi connectivity index (χ1n) is 9.30. The lowest BCUT2D eigenvalue weighted by atomic mass is 10.1. The fraction of sp³-hybridized carbons (Fsp3) is 0.136. The number of carbonyl (C=O) groups excluding carboxylic acids is 1. The minimum atomic E-state index is -0.254. The van der Waals surface area contributed by atoms with Crippen molar-refractivity contribution in [3.8, 4) is 22.6 Å². The number of thiophene rings is 1. The summed E-state index contributed by atoms with van der Waals surface area (Å²) in [5.74, 6) is 0.952. The Kier molecular flexibility index (Phi) is 6.24. The maximum atomic E-state index is 12.7. The van der Waals surface area contributed by atoms with Gasteiger partial charge in [-0.05, 0) is 17.7 Å². The molecule has 0 aliphatic rings. The van der Waals surface area contributed by atoms with Crippen molar-refractivity contribution in [3.63, 3.8) is 0 Å². The molecule has 1 amide bonds. The van der Waals surface area contributed by atoms with Crippen LogP contribution in [0.5, 0.6) is 11.5 Å². The van der Waals surface area contributed by atoms with Gasteiger partial charge in [-0.1, -0.05) is 42.1 Å². The van der Waals surface area contributed by atoms with Crippen molar-refractivity contribution in [1.82, 2.24) is 9.97 Å². The molecule has 0 fully saturated rings. The average Bonchev–Trinajstić information content (AvgIpc) is 3.23. The summed E-state index contributed by atoms with van der Waals surface area (Å²) in [5, 5.41) is 5.69. The van der Waals surface area contributed by atoms with Gasteiger partial charge in [-0.2, -0.15) is 0 Å². The first-order valence-corrected chi connectivity index (χ1v) is 11.2. The van der Waals surface area contributed by atoms with E-state index in [0.29, 0.717) is 32.6 Å². The van der Waals surface area contributed by atoms with Crippen molar-refractivity contribution in [1.29, 1.82) is 0 Å². The maximum absolute atomic E-state index is 12.7. The van der Waals surface area contributed by atoms with Crippen LogP contribution in [0.3, 0.4) is 0 Å². The number of benzene rings is 2. The molecule has 2 heterocycles. The molecule has 31 heavy (non-hydrogen) atoms. The molecule has 0 spiro atoms. The van der Waals surface area contributed by atoms with E-state index >= 15 is 0 Å². The largest absolute Gasteiger partial charge is 0.497 e. The lowest BCUT2D eigenvalue weighted by molar-refractivity contribution is -0.113. The highest BCUT2D eigenvalue weighted by Crippen LogP contribution is 2.32. The third-order valence-corrected chi connectivity index (χ3v) is 6.27. The summed E-state index contributed by atoms with van der Waals surface area (Å²) in [6.45, 7) is 0. The van der Waals surface area contributed by atoms with Crippen LogP contribution >= 0.6 is 23.1 Å². The van der Waals surface area contributed by atoms with E-state index in [-0.39, 0.29) is 17.2 Å². The first-order chi connectivity index (χ1) is 15.1. The van der Waals surface area contributed by atoms with Gasteiger partial charge in [0.15, 0.2) is 5.16 Å². The van der Waals surface area contributed by atoms with Crippen molar-refractivity contribution in [2.24, 2.45) is 0 Å². The number of fused-ring (bicyclic) bond motifs is 1. The maximum Gasteiger partial charge on any atom is 0.260 e. The molecule has 0 bridgehead atoms. The summed E-state index contributed by atoms with van der Waals surface area (Å²) in [6, 6.07) is 14.9. The van der Waals surface area contributed by atoms with E-state index in [2.05, 4.69) is 15.3 Å². The van der Waals surface area contributed by atoms with Crippen LogP contribution in [0.15, 0.2) is 63.9 Å². The number of aromatic nitrogens is 2. The normalized spacial score (nSPS) is 10.8. The van der Waals surface area contributed by atoms with Gasteiger partial charge in [-0.3, -0.25) is 9.59 Å². The molecule has 2 N–H and O–H groups in total. The average molecular weight is 454 g/mol. The van der Waals surface area contributed by atoms with Crippen molar-refractivity contribution in [2.75, 3.05) is 25.3 Å². The standard InChI is InChI=1S/C22H19N3O4S2/c1-28-14-8-9-17(29-2)16(10-14)23-18(26)12-31-22-24-20(27)19-15(11-30-21(19)25-22)13-6-4-3-5-7-13/h3-11H,12H2,1-2H3,(H,23,26)(H,24,25,27). The van der Waals surface area contributed by atoms with E-state index in [0.717, 1.165) is 22.9 Å². The van der Waals surface area contributed by atoms with Gasteiger partial charge in [0.25, 0.3) is 5.56 Å². The number of aromatic amines is 1. The van der Waals surface area contributed by atoms with Gasteiger partial charge in [0.2, 0.25) is 5.91 Å². The molecule has 0 saturated carbocycles. The van der Waals surface area contributed by atoms with E-state index < -0.39 is 0 Å². The summed E-state index contributed by atoms with van der Waals surface area (Å²) >= 11 is 2.57. The number of thioether (sulfide) groups is 1. The molecular weight excluding hydrogens is 434 g/mol. The Bertz CT molecular complexity index is 1290.